The molecule has 2 atom stereocenters. The highest BCUT2D eigenvalue weighted by molar-refractivity contribution is 4.97. The molecule has 0 aromatic rings. The molecule has 2 rings (SSSR count). The number of hydrogen-bond donors (Lipinski definition) is 1. The Morgan fingerprint density at radius 2 is 1.94 bits per heavy atom. The highest BCUT2D eigenvalue weighted by atomic mass is 16.5. The van der Waals surface area contributed by atoms with Crippen LogP contribution in [0.5, 0.6) is 0 Å². The van der Waals surface area contributed by atoms with Crippen LogP contribution in [0.3, 0.4) is 0 Å². The Hall–Kier alpha value is -0.160. The summed E-state index contributed by atoms with van der Waals surface area (Å²) in [7, 11) is 4.38. The Morgan fingerprint density at radius 3 is 2.39 bits per heavy atom. The van der Waals surface area contributed by atoms with E-state index >= 15 is 0 Å². The van der Waals surface area contributed by atoms with Crippen LogP contribution in [-0.4, -0.2) is 68.3 Å². The number of piperidine rings is 1. The van der Waals surface area contributed by atoms with Gasteiger partial charge in [0.1, 0.15) is 0 Å². The summed E-state index contributed by atoms with van der Waals surface area (Å²) >= 11 is 0. The van der Waals surface area contributed by atoms with Crippen LogP contribution < -0.4 is 5.73 Å². The van der Waals surface area contributed by atoms with Crippen LogP contribution in [-0.2, 0) is 4.74 Å². The number of ether oxygens (including phenoxy) is 1. The lowest BCUT2D eigenvalue weighted by Crippen LogP contribution is -2.60. The van der Waals surface area contributed by atoms with Crippen LogP contribution in [0.15, 0.2) is 0 Å². The Labute approximate surface area is 111 Å². The maximum Gasteiger partial charge on any atom is 0.0513 e. The van der Waals surface area contributed by atoms with E-state index in [0.717, 1.165) is 25.8 Å². The first-order valence-electron chi connectivity index (χ1n) is 7.27. The van der Waals surface area contributed by atoms with Gasteiger partial charge in [0.2, 0.25) is 0 Å². The Morgan fingerprint density at radius 1 is 1.28 bits per heavy atom. The van der Waals surface area contributed by atoms with Crippen molar-refractivity contribution in [3.8, 4) is 0 Å². The number of hydrogen-bond acceptors (Lipinski definition) is 4. The van der Waals surface area contributed by atoms with Crippen LogP contribution >= 0.6 is 0 Å². The highest BCUT2D eigenvalue weighted by Crippen LogP contribution is 2.33. The summed E-state index contributed by atoms with van der Waals surface area (Å²) < 4.78 is 5.56. The molecule has 4 nitrogen and oxygen atoms in total. The molecule has 18 heavy (non-hydrogen) atoms. The Bertz CT molecular complexity index is 258. The van der Waals surface area contributed by atoms with E-state index in [0.29, 0.717) is 5.92 Å². The molecule has 4 heteroatoms. The lowest BCUT2D eigenvalue weighted by molar-refractivity contribution is 0.0130. The molecule has 106 valence electrons. The Kier molecular flexibility index (Phi) is 4.64. The van der Waals surface area contributed by atoms with Crippen LogP contribution in [0.4, 0.5) is 0 Å². The van der Waals surface area contributed by atoms with Gasteiger partial charge in [0.25, 0.3) is 0 Å². The third-order valence-corrected chi connectivity index (χ3v) is 5.14. The smallest absolute Gasteiger partial charge is 0.0513 e. The van der Waals surface area contributed by atoms with Gasteiger partial charge >= 0.3 is 0 Å². The third-order valence-electron chi connectivity index (χ3n) is 5.14. The minimum atomic E-state index is 0.133. The molecule has 2 fully saturated rings. The van der Waals surface area contributed by atoms with Gasteiger partial charge in [-0.2, -0.15) is 0 Å². The van der Waals surface area contributed by atoms with Gasteiger partial charge in [-0.05, 0) is 40.3 Å². The van der Waals surface area contributed by atoms with Crippen LogP contribution in [0.2, 0.25) is 0 Å². The van der Waals surface area contributed by atoms with Crippen molar-refractivity contribution in [3.05, 3.63) is 0 Å². The second-order valence-corrected chi connectivity index (χ2v) is 6.30. The molecule has 2 aliphatic heterocycles. The van der Waals surface area contributed by atoms with Crippen LogP contribution in [0.1, 0.15) is 26.2 Å². The van der Waals surface area contributed by atoms with E-state index in [2.05, 4.69) is 30.8 Å². The molecule has 0 aliphatic carbocycles. The zero-order chi connectivity index (χ0) is 13.2. The van der Waals surface area contributed by atoms with Crippen molar-refractivity contribution in [2.45, 2.75) is 37.8 Å². The van der Waals surface area contributed by atoms with Crippen molar-refractivity contribution >= 4 is 0 Å². The summed E-state index contributed by atoms with van der Waals surface area (Å²) in [5, 5.41) is 0. The van der Waals surface area contributed by atoms with Gasteiger partial charge in [0, 0.05) is 43.7 Å². The first-order chi connectivity index (χ1) is 8.58. The predicted molar refractivity (Wildman–Crippen MR) is 74.7 cm³/mol. The summed E-state index contributed by atoms with van der Waals surface area (Å²) in [6.07, 6.45) is 3.69. The van der Waals surface area contributed by atoms with E-state index in [4.69, 9.17) is 10.5 Å². The molecule has 0 radical (unpaired) electrons. The largest absolute Gasteiger partial charge is 0.381 e. The highest BCUT2D eigenvalue weighted by Gasteiger charge is 2.41. The summed E-state index contributed by atoms with van der Waals surface area (Å²) in [6.45, 7) is 7.23. The average Bonchev–Trinajstić information content (AvgIpc) is 2.92. The Balaban J connectivity index is 1.97. The molecule has 2 aliphatic rings. The fourth-order valence-electron chi connectivity index (χ4n) is 3.47. The first kappa shape index (κ1) is 14.3. The molecule has 2 saturated heterocycles. The van der Waals surface area contributed by atoms with Crippen molar-refractivity contribution in [2.75, 3.05) is 46.9 Å². The van der Waals surface area contributed by atoms with Crippen molar-refractivity contribution in [1.82, 2.24) is 9.80 Å². The summed E-state index contributed by atoms with van der Waals surface area (Å²) in [5.74, 6) is 0.610. The molecule has 2 unspecified atom stereocenters. The SMILES string of the molecule is CN(C)C1CCN(C(C)(CN)C2CCOC2)CC1. The van der Waals surface area contributed by atoms with Crippen molar-refractivity contribution in [2.24, 2.45) is 11.7 Å². The quantitative estimate of drug-likeness (QED) is 0.805. The van der Waals surface area contributed by atoms with Crippen LogP contribution in [0, 0.1) is 5.92 Å². The standard InChI is InChI=1S/C14H29N3O/c1-14(11-15,12-6-9-18-10-12)17-7-4-13(5-8-17)16(2)3/h12-13H,4-11,15H2,1-3H3. The minimum absolute atomic E-state index is 0.133. The van der Waals surface area contributed by atoms with Gasteiger partial charge in [-0.1, -0.05) is 0 Å². The monoisotopic (exact) mass is 255 g/mol. The van der Waals surface area contributed by atoms with Crippen molar-refractivity contribution in [3.63, 3.8) is 0 Å². The normalized spacial score (nSPS) is 30.8. The van der Waals surface area contributed by atoms with Gasteiger partial charge in [0.05, 0.1) is 6.61 Å². The molecule has 0 aromatic heterocycles. The number of rotatable bonds is 4. The van der Waals surface area contributed by atoms with Crippen LogP contribution in [0.25, 0.3) is 0 Å². The number of likely N-dealkylation sites (tertiary alicyclic amines) is 1. The lowest BCUT2D eigenvalue weighted by Gasteiger charge is -2.48. The number of nitrogens with zero attached hydrogens (tertiary/aromatic N) is 2. The molecule has 2 heterocycles. The zero-order valence-corrected chi connectivity index (χ0v) is 12.2. The average molecular weight is 255 g/mol. The maximum absolute atomic E-state index is 6.10. The fourth-order valence-corrected chi connectivity index (χ4v) is 3.47. The predicted octanol–water partition coefficient (Wildman–Crippen LogP) is 0.766. The summed E-state index contributed by atoms with van der Waals surface area (Å²) in [4.78, 5) is 4.97. The van der Waals surface area contributed by atoms with E-state index in [9.17, 15) is 0 Å². The summed E-state index contributed by atoms with van der Waals surface area (Å²) in [6, 6.07) is 0.739. The molecular weight excluding hydrogens is 226 g/mol. The van der Waals surface area contributed by atoms with Gasteiger partial charge in [-0.15, -0.1) is 0 Å². The van der Waals surface area contributed by atoms with E-state index in [1.807, 2.05) is 0 Å². The van der Waals surface area contributed by atoms with E-state index in [-0.39, 0.29) is 5.54 Å². The van der Waals surface area contributed by atoms with Crippen molar-refractivity contribution in [1.29, 1.82) is 0 Å². The van der Waals surface area contributed by atoms with E-state index in [1.54, 1.807) is 0 Å². The molecule has 0 amide bonds. The zero-order valence-electron chi connectivity index (χ0n) is 12.2. The van der Waals surface area contributed by atoms with Gasteiger partial charge in [-0.3, -0.25) is 4.90 Å². The molecular formula is C14H29N3O. The van der Waals surface area contributed by atoms with Gasteiger partial charge < -0.3 is 15.4 Å². The molecule has 0 saturated carbocycles. The van der Waals surface area contributed by atoms with Gasteiger partial charge in [-0.25, -0.2) is 0 Å². The van der Waals surface area contributed by atoms with Gasteiger partial charge in [0.15, 0.2) is 0 Å². The second-order valence-electron chi connectivity index (χ2n) is 6.30. The topological polar surface area (TPSA) is 41.7 Å². The van der Waals surface area contributed by atoms with E-state index in [1.165, 1.54) is 32.4 Å². The van der Waals surface area contributed by atoms with E-state index < -0.39 is 0 Å². The fraction of sp³-hybridized carbons (Fsp3) is 1.00. The third kappa shape index (κ3) is 2.72. The lowest BCUT2D eigenvalue weighted by atomic mass is 9.81. The second kappa shape index (κ2) is 5.87. The molecule has 2 N–H and O–H groups in total. The summed E-state index contributed by atoms with van der Waals surface area (Å²) in [5.41, 5.74) is 6.24. The number of nitrogens with two attached hydrogens (primary N) is 1. The first-order valence-corrected chi connectivity index (χ1v) is 7.27. The molecule has 0 aromatic carbocycles. The van der Waals surface area contributed by atoms with Crippen molar-refractivity contribution < 1.29 is 4.74 Å². The maximum atomic E-state index is 6.10. The minimum Gasteiger partial charge on any atom is -0.381 e. The molecule has 0 bridgehead atoms. The molecule has 0 spiro atoms.